The number of hydrogen-bond acceptors (Lipinski definition) is 5. The summed E-state index contributed by atoms with van der Waals surface area (Å²) in [6, 6.07) is 7.97. The average Bonchev–Trinajstić information content (AvgIpc) is 2.95. The molecule has 1 aliphatic rings. The minimum absolute atomic E-state index is 0.0655. The van der Waals surface area contributed by atoms with Crippen LogP contribution >= 0.6 is 12.2 Å². The minimum Gasteiger partial charge on any atom is -0.484 e. The highest BCUT2D eigenvalue weighted by Gasteiger charge is 2.23. The molecule has 2 aromatic rings. The molecule has 1 amide bonds. The van der Waals surface area contributed by atoms with Crippen molar-refractivity contribution in [1.82, 2.24) is 15.1 Å². The number of aromatic nitrogens is 2. The van der Waals surface area contributed by atoms with Crippen molar-refractivity contribution in [3.8, 4) is 5.75 Å². The van der Waals surface area contributed by atoms with Crippen LogP contribution in [0.3, 0.4) is 0 Å². The average molecular weight is 375 g/mol. The van der Waals surface area contributed by atoms with Crippen LogP contribution in [0.4, 0.5) is 0 Å². The number of carbonyl (C=O) groups excluding carboxylic acids is 1. The van der Waals surface area contributed by atoms with Gasteiger partial charge in [0, 0.05) is 6.04 Å². The van der Waals surface area contributed by atoms with E-state index in [1.54, 1.807) is 0 Å². The molecular weight excluding hydrogens is 350 g/mol. The van der Waals surface area contributed by atoms with E-state index in [-0.39, 0.29) is 29.9 Å². The monoisotopic (exact) mass is 375 g/mol. The molecule has 6 nitrogen and oxygen atoms in total. The predicted molar refractivity (Wildman–Crippen MR) is 100 cm³/mol. The van der Waals surface area contributed by atoms with Crippen LogP contribution in [0.2, 0.25) is 0 Å². The Morgan fingerprint density at radius 1 is 1.42 bits per heavy atom. The molecule has 1 N–H and O–H groups in total. The van der Waals surface area contributed by atoms with E-state index in [0.29, 0.717) is 11.8 Å². The molecule has 0 radical (unpaired) electrons. The number of hydrogen-bond donors (Lipinski definition) is 1. The van der Waals surface area contributed by atoms with Gasteiger partial charge in [-0.3, -0.25) is 4.79 Å². The molecule has 0 saturated heterocycles. The van der Waals surface area contributed by atoms with E-state index < -0.39 is 0 Å². The van der Waals surface area contributed by atoms with Gasteiger partial charge in [0.05, 0.1) is 0 Å². The van der Waals surface area contributed by atoms with Gasteiger partial charge in [-0.25, -0.2) is 4.68 Å². The fourth-order valence-electron chi connectivity index (χ4n) is 3.28. The van der Waals surface area contributed by atoms with Gasteiger partial charge in [0.25, 0.3) is 10.7 Å². The van der Waals surface area contributed by atoms with Crippen LogP contribution in [0, 0.1) is 17.7 Å². The van der Waals surface area contributed by atoms with Gasteiger partial charge in [-0.15, -0.1) is 5.10 Å². The lowest BCUT2D eigenvalue weighted by atomic mass is 9.86. The number of rotatable bonds is 6. The van der Waals surface area contributed by atoms with E-state index >= 15 is 0 Å². The largest absolute Gasteiger partial charge is 0.484 e. The zero-order chi connectivity index (χ0) is 18.5. The van der Waals surface area contributed by atoms with Crippen LogP contribution in [0.25, 0.3) is 0 Å². The fourth-order valence-corrected chi connectivity index (χ4v) is 3.48. The lowest BCUT2D eigenvalue weighted by Crippen LogP contribution is -2.42. The van der Waals surface area contributed by atoms with Gasteiger partial charge < -0.3 is 14.5 Å². The first-order chi connectivity index (χ1) is 12.5. The fraction of sp³-hybridized carbons (Fsp3) is 0.526. The molecule has 0 bridgehead atoms. The van der Waals surface area contributed by atoms with Crippen molar-refractivity contribution in [1.29, 1.82) is 0 Å². The first-order valence-corrected chi connectivity index (χ1v) is 9.48. The quantitative estimate of drug-likeness (QED) is 0.778. The number of amides is 1. The van der Waals surface area contributed by atoms with Crippen molar-refractivity contribution < 1.29 is 13.9 Å². The number of nitrogens with zero attached hydrogens (tertiary/aromatic N) is 2. The number of nitrogens with one attached hydrogen (secondary N) is 1. The van der Waals surface area contributed by atoms with Gasteiger partial charge >= 0.3 is 0 Å². The van der Waals surface area contributed by atoms with E-state index in [2.05, 4.69) is 17.3 Å². The summed E-state index contributed by atoms with van der Waals surface area (Å²) in [4.78, 5) is 12.5. The summed E-state index contributed by atoms with van der Waals surface area (Å²) in [5.41, 5.74) is 1.11. The van der Waals surface area contributed by atoms with Crippen molar-refractivity contribution >= 4 is 18.1 Å². The van der Waals surface area contributed by atoms with Crippen molar-refractivity contribution in [2.45, 2.75) is 58.7 Å². The Labute approximate surface area is 158 Å². The summed E-state index contributed by atoms with van der Waals surface area (Å²) < 4.78 is 12.5. The standard InChI is InChI=1S/C19H25N3O3S/c1-13-6-5-8-15(10-13)24-12-18-21-22(19(26)25-18)11-17(23)20-16-9-4-3-7-14(16)2/h5-6,8,10,14,16H,3-4,7,9,11-12H2,1-2H3,(H,20,23)/t14-,16-/m0/s1. The van der Waals surface area contributed by atoms with Crippen LogP contribution in [0.5, 0.6) is 5.75 Å². The van der Waals surface area contributed by atoms with Gasteiger partial charge in [0.15, 0.2) is 6.61 Å². The molecule has 26 heavy (non-hydrogen) atoms. The van der Waals surface area contributed by atoms with Gasteiger partial charge in [-0.05, 0) is 55.6 Å². The Morgan fingerprint density at radius 3 is 3.00 bits per heavy atom. The third-order valence-corrected chi connectivity index (χ3v) is 5.05. The zero-order valence-corrected chi connectivity index (χ0v) is 16.1. The Hall–Kier alpha value is -2.15. The van der Waals surface area contributed by atoms with E-state index in [1.807, 2.05) is 31.2 Å². The highest BCUT2D eigenvalue weighted by atomic mass is 32.1. The molecule has 1 aromatic carbocycles. The van der Waals surface area contributed by atoms with Crippen molar-refractivity contribution in [2.24, 2.45) is 5.92 Å². The van der Waals surface area contributed by atoms with E-state index in [0.717, 1.165) is 24.2 Å². The van der Waals surface area contributed by atoms with Crippen molar-refractivity contribution in [3.63, 3.8) is 0 Å². The molecule has 140 valence electrons. The second-order valence-electron chi connectivity index (χ2n) is 6.96. The lowest BCUT2D eigenvalue weighted by Gasteiger charge is -2.29. The smallest absolute Gasteiger partial charge is 0.287 e. The molecule has 3 rings (SSSR count). The van der Waals surface area contributed by atoms with Crippen molar-refractivity contribution in [2.75, 3.05) is 0 Å². The third kappa shape index (κ3) is 4.94. The van der Waals surface area contributed by atoms with Gasteiger partial charge in [0.2, 0.25) is 5.91 Å². The van der Waals surface area contributed by atoms with Gasteiger partial charge in [-0.1, -0.05) is 31.9 Å². The van der Waals surface area contributed by atoms with E-state index in [1.165, 1.54) is 17.5 Å². The Balaban J connectivity index is 1.55. The normalized spacial score (nSPS) is 19.9. The molecule has 1 aliphatic carbocycles. The Morgan fingerprint density at radius 2 is 2.23 bits per heavy atom. The van der Waals surface area contributed by atoms with Crippen LogP contribution in [0.1, 0.15) is 44.1 Å². The Kier molecular flexibility index (Phi) is 6.08. The highest BCUT2D eigenvalue weighted by molar-refractivity contribution is 7.71. The molecule has 2 atom stereocenters. The highest BCUT2D eigenvalue weighted by Crippen LogP contribution is 2.23. The number of ether oxygens (including phenoxy) is 1. The molecule has 1 saturated carbocycles. The molecule has 7 heteroatoms. The summed E-state index contributed by atoms with van der Waals surface area (Å²) in [5, 5.41) is 7.36. The molecule has 0 unspecified atom stereocenters. The second kappa shape index (κ2) is 8.49. The maximum atomic E-state index is 12.3. The number of aryl methyl sites for hydroxylation is 1. The zero-order valence-electron chi connectivity index (χ0n) is 15.2. The van der Waals surface area contributed by atoms with Gasteiger partial charge in [0.1, 0.15) is 12.3 Å². The number of carbonyl (C=O) groups is 1. The maximum Gasteiger partial charge on any atom is 0.287 e. The van der Waals surface area contributed by atoms with E-state index in [4.69, 9.17) is 21.4 Å². The minimum atomic E-state index is -0.0840. The van der Waals surface area contributed by atoms with E-state index in [9.17, 15) is 4.79 Å². The molecule has 1 aromatic heterocycles. The molecule has 1 fully saturated rings. The first-order valence-electron chi connectivity index (χ1n) is 9.07. The lowest BCUT2D eigenvalue weighted by molar-refractivity contribution is -0.123. The van der Waals surface area contributed by atoms with Crippen LogP contribution < -0.4 is 10.1 Å². The summed E-state index contributed by atoms with van der Waals surface area (Å²) in [5.74, 6) is 1.52. The first kappa shape index (κ1) is 18.6. The van der Waals surface area contributed by atoms with Crippen LogP contribution in [-0.4, -0.2) is 21.7 Å². The predicted octanol–water partition coefficient (Wildman–Crippen LogP) is 3.79. The Bertz CT molecular complexity index is 814. The van der Waals surface area contributed by atoms with Crippen LogP contribution in [-0.2, 0) is 17.9 Å². The second-order valence-corrected chi connectivity index (χ2v) is 7.31. The summed E-state index contributed by atoms with van der Waals surface area (Å²) in [7, 11) is 0. The summed E-state index contributed by atoms with van der Waals surface area (Å²) in [6.07, 6.45) is 4.60. The summed E-state index contributed by atoms with van der Waals surface area (Å²) >= 11 is 5.17. The number of benzene rings is 1. The molecule has 1 heterocycles. The van der Waals surface area contributed by atoms with Crippen LogP contribution in [0.15, 0.2) is 28.7 Å². The maximum absolute atomic E-state index is 12.3. The summed E-state index contributed by atoms with van der Waals surface area (Å²) in [6.45, 7) is 4.42. The van der Waals surface area contributed by atoms with Gasteiger partial charge in [-0.2, -0.15) is 0 Å². The SMILES string of the molecule is Cc1cccc(OCc2nn(CC(=O)N[C@H]3CCCC[C@@H]3C)c(=S)o2)c1. The molecule has 0 aliphatic heterocycles. The molecular formula is C19H25N3O3S. The molecule has 0 spiro atoms. The van der Waals surface area contributed by atoms with Crippen molar-refractivity contribution in [3.05, 3.63) is 40.6 Å². The topological polar surface area (TPSA) is 69.3 Å². The third-order valence-electron chi connectivity index (χ3n) is 4.75.